The zero-order valence-electron chi connectivity index (χ0n) is 5.73. The molecule has 0 aliphatic carbocycles. The molecule has 1 aromatic rings. The summed E-state index contributed by atoms with van der Waals surface area (Å²) in [5, 5.41) is 10.9. The fourth-order valence-electron chi connectivity index (χ4n) is 0.621. The molecular weight excluding hydrogens is 150 g/mol. The van der Waals surface area contributed by atoms with Crippen LogP contribution in [0.4, 0.5) is 0 Å². The van der Waals surface area contributed by atoms with Gasteiger partial charge < -0.3 is 9.84 Å². The van der Waals surface area contributed by atoms with Crippen molar-refractivity contribution in [1.29, 1.82) is 0 Å². The summed E-state index contributed by atoms with van der Waals surface area (Å²) in [5.41, 5.74) is 1.92. The van der Waals surface area contributed by atoms with Gasteiger partial charge in [0.15, 0.2) is 12.7 Å². The molecule has 0 saturated heterocycles. The van der Waals surface area contributed by atoms with Crippen LogP contribution >= 0.6 is 11.3 Å². The average molecular weight is 160 g/mol. The van der Waals surface area contributed by atoms with Gasteiger partial charge in [-0.05, 0) is 0 Å². The molecule has 3 nitrogen and oxygen atoms in total. The highest BCUT2D eigenvalue weighted by Gasteiger charge is 2.08. The number of aliphatic hydroxyl groups excluding tert-OH is 1. The third kappa shape index (κ3) is 2.06. The number of hydrogen-bond donors (Lipinski definition) is 1. The monoisotopic (exact) mass is 160 g/mol. The van der Waals surface area contributed by atoms with Crippen molar-refractivity contribution in [2.45, 2.75) is 12.8 Å². The van der Waals surface area contributed by atoms with E-state index in [1.165, 1.54) is 7.11 Å². The van der Waals surface area contributed by atoms with Crippen molar-refractivity contribution in [1.82, 2.24) is 0 Å². The maximum atomic E-state index is 8.99. The first-order chi connectivity index (χ1) is 4.83. The van der Waals surface area contributed by atoms with Crippen LogP contribution in [0, 0.1) is 0 Å². The molecule has 0 saturated carbocycles. The number of aliphatic hydroxyl groups is 1. The Bertz CT molecular complexity index is 176. The lowest BCUT2D eigenvalue weighted by molar-refractivity contribution is -0.705. The van der Waals surface area contributed by atoms with Gasteiger partial charge in [0.2, 0.25) is 11.8 Å². The van der Waals surface area contributed by atoms with Gasteiger partial charge in [-0.1, -0.05) is 11.3 Å². The number of ether oxygens (including phenoxy) is 1. The topological polar surface area (TPSA) is 33.3 Å². The van der Waals surface area contributed by atoms with Crippen molar-refractivity contribution in [3.8, 4) is 0 Å². The molecule has 4 heteroatoms. The number of rotatable bonds is 3. The number of nitrogens with zero attached hydrogens (tertiary/aromatic N) is 1. The van der Waals surface area contributed by atoms with E-state index in [1.807, 2.05) is 21.7 Å². The zero-order valence-corrected chi connectivity index (χ0v) is 6.54. The first kappa shape index (κ1) is 7.65. The Balaban J connectivity index is 2.40. The van der Waals surface area contributed by atoms with Gasteiger partial charge in [0.25, 0.3) is 0 Å². The lowest BCUT2D eigenvalue weighted by Gasteiger charge is -2.00. The van der Waals surface area contributed by atoms with Crippen LogP contribution in [-0.2, 0) is 11.3 Å². The van der Waals surface area contributed by atoms with Crippen LogP contribution in [0.2, 0.25) is 0 Å². The Hall–Kier alpha value is -0.450. The van der Waals surface area contributed by atoms with Crippen molar-refractivity contribution in [2.24, 2.45) is 0 Å². The van der Waals surface area contributed by atoms with Gasteiger partial charge in [0.05, 0.1) is 5.38 Å². The standard InChI is InChI=1S/C6H10NO2S/c1-9-6(8)4-7-2-3-10-5-7/h2-3,5-6,8H,4H2,1H3/q+1. The lowest BCUT2D eigenvalue weighted by atomic mass is 10.6. The molecule has 1 atom stereocenters. The molecule has 0 fully saturated rings. The second kappa shape index (κ2) is 3.65. The van der Waals surface area contributed by atoms with Gasteiger partial charge in [-0.25, -0.2) is 0 Å². The normalized spacial score (nSPS) is 13.4. The second-order valence-electron chi connectivity index (χ2n) is 1.91. The minimum atomic E-state index is -0.695. The van der Waals surface area contributed by atoms with Gasteiger partial charge in [0.1, 0.15) is 0 Å². The molecule has 56 valence electrons. The van der Waals surface area contributed by atoms with E-state index in [4.69, 9.17) is 5.11 Å². The highest BCUT2D eigenvalue weighted by atomic mass is 32.1. The number of aromatic nitrogens is 1. The maximum Gasteiger partial charge on any atom is 0.224 e. The van der Waals surface area contributed by atoms with Crippen molar-refractivity contribution >= 4 is 11.3 Å². The quantitative estimate of drug-likeness (QED) is 0.499. The van der Waals surface area contributed by atoms with Gasteiger partial charge in [0, 0.05) is 7.11 Å². The molecule has 0 aromatic carbocycles. The van der Waals surface area contributed by atoms with Crippen LogP contribution in [0.5, 0.6) is 0 Å². The van der Waals surface area contributed by atoms with E-state index >= 15 is 0 Å². The molecule has 0 spiro atoms. The first-order valence-corrected chi connectivity index (χ1v) is 3.89. The molecule has 1 heterocycles. The van der Waals surface area contributed by atoms with E-state index in [1.54, 1.807) is 11.3 Å². The number of methoxy groups -OCH3 is 1. The lowest BCUT2D eigenvalue weighted by Crippen LogP contribution is -2.37. The van der Waals surface area contributed by atoms with Crippen LogP contribution in [0.15, 0.2) is 17.1 Å². The maximum absolute atomic E-state index is 8.99. The highest BCUT2D eigenvalue weighted by Crippen LogP contribution is 1.89. The molecule has 0 radical (unpaired) electrons. The van der Waals surface area contributed by atoms with E-state index < -0.39 is 6.29 Å². The van der Waals surface area contributed by atoms with Crippen molar-refractivity contribution in [3.05, 3.63) is 17.1 Å². The molecule has 0 bridgehead atoms. The Kier molecular flexibility index (Phi) is 2.80. The summed E-state index contributed by atoms with van der Waals surface area (Å²) >= 11 is 1.59. The summed E-state index contributed by atoms with van der Waals surface area (Å²) in [6.07, 6.45) is 1.20. The van der Waals surface area contributed by atoms with Crippen molar-refractivity contribution in [2.75, 3.05) is 7.11 Å². The van der Waals surface area contributed by atoms with E-state index in [-0.39, 0.29) is 0 Å². The Morgan fingerprint density at radius 2 is 2.60 bits per heavy atom. The predicted molar refractivity (Wildman–Crippen MR) is 37.5 cm³/mol. The molecule has 0 aliphatic heterocycles. The number of thiazole rings is 1. The third-order valence-corrected chi connectivity index (χ3v) is 1.84. The van der Waals surface area contributed by atoms with E-state index in [0.717, 1.165) is 0 Å². The fourth-order valence-corrected chi connectivity index (χ4v) is 1.23. The van der Waals surface area contributed by atoms with Crippen molar-refractivity contribution in [3.63, 3.8) is 0 Å². The smallest absolute Gasteiger partial charge is 0.224 e. The third-order valence-electron chi connectivity index (χ3n) is 1.17. The van der Waals surface area contributed by atoms with Crippen LogP contribution in [-0.4, -0.2) is 18.5 Å². The Labute approximate surface area is 63.5 Å². The molecule has 1 rings (SSSR count). The second-order valence-corrected chi connectivity index (χ2v) is 2.67. The summed E-state index contributed by atoms with van der Waals surface area (Å²) in [7, 11) is 1.48. The summed E-state index contributed by atoms with van der Waals surface area (Å²) < 4.78 is 6.54. The fraction of sp³-hybridized carbons (Fsp3) is 0.500. The van der Waals surface area contributed by atoms with E-state index in [0.29, 0.717) is 6.54 Å². The predicted octanol–water partition coefficient (Wildman–Crippen LogP) is 0.000400. The Morgan fingerprint density at radius 1 is 1.80 bits per heavy atom. The molecule has 1 unspecified atom stereocenters. The molecule has 0 aliphatic rings. The molecule has 0 amide bonds. The molecular formula is C6H10NO2S+. The van der Waals surface area contributed by atoms with Crippen LogP contribution in [0.25, 0.3) is 0 Å². The summed E-state index contributed by atoms with van der Waals surface area (Å²) in [6.45, 7) is 0.500. The minimum Gasteiger partial charge on any atom is -0.363 e. The highest BCUT2D eigenvalue weighted by molar-refractivity contribution is 7.07. The van der Waals surface area contributed by atoms with Gasteiger partial charge in [-0.15, -0.1) is 0 Å². The van der Waals surface area contributed by atoms with Gasteiger partial charge >= 0.3 is 0 Å². The average Bonchev–Trinajstić information content (AvgIpc) is 2.40. The molecule has 1 N–H and O–H groups in total. The van der Waals surface area contributed by atoms with Crippen LogP contribution < -0.4 is 4.57 Å². The first-order valence-electron chi connectivity index (χ1n) is 2.95. The largest absolute Gasteiger partial charge is 0.363 e. The Morgan fingerprint density at radius 3 is 3.10 bits per heavy atom. The SMILES string of the molecule is COC(O)C[n+]1ccsc1. The van der Waals surface area contributed by atoms with Gasteiger partial charge in [-0.2, -0.15) is 4.57 Å². The van der Waals surface area contributed by atoms with Crippen LogP contribution in [0.3, 0.4) is 0 Å². The number of hydrogen-bond acceptors (Lipinski definition) is 3. The summed E-state index contributed by atoms with van der Waals surface area (Å²) in [6, 6.07) is 0. The van der Waals surface area contributed by atoms with E-state index in [2.05, 4.69) is 4.74 Å². The molecule has 10 heavy (non-hydrogen) atoms. The minimum absolute atomic E-state index is 0.500. The van der Waals surface area contributed by atoms with Gasteiger partial charge in [-0.3, -0.25) is 0 Å². The van der Waals surface area contributed by atoms with E-state index in [9.17, 15) is 0 Å². The summed E-state index contributed by atoms with van der Waals surface area (Å²) in [5.74, 6) is 0. The molecule has 1 aromatic heterocycles. The van der Waals surface area contributed by atoms with Crippen molar-refractivity contribution < 1.29 is 14.4 Å². The zero-order chi connectivity index (χ0) is 7.40. The summed E-state index contributed by atoms with van der Waals surface area (Å²) in [4.78, 5) is 0. The van der Waals surface area contributed by atoms with Crippen LogP contribution in [0.1, 0.15) is 0 Å².